The Morgan fingerprint density at radius 2 is 2.00 bits per heavy atom. The molecule has 4 nitrogen and oxygen atoms in total. The van der Waals surface area contributed by atoms with Gasteiger partial charge >= 0.3 is 0 Å². The van der Waals surface area contributed by atoms with Gasteiger partial charge in [0.05, 0.1) is 0 Å². The van der Waals surface area contributed by atoms with Crippen LogP contribution in [0.5, 0.6) is 0 Å². The second-order valence-corrected chi connectivity index (χ2v) is 6.90. The molecule has 0 aromatic heterocycles. The van der Waals surface area contributed by atoms with E-state index in [0.29, 0.717) is 12.3 Å². The molecule has 1 saturated heterocycles. The molecule has 0 spiro atoms. The smallest absolute Gasteiger partial charge is 0.224 e. The van der Waals surface area contributed by atoms with Gasteiger partial charge in [-0.3, -0.25) is 4.79 Å². The lowest BCUT2D eigenvalue weighted by molar-refractivity contribution is -0.132. The Labute approximate surface area is 139 Å². The molecule has 2 aliphatic rings. The first-order chi connectivity index (χ1) is 11.2. The zero-order chi connectivity index (χ0) is 16.1. The summed E-state index contributed by atoms with van der Waals surface area (Å²) in [5, 5.41) is 0. The highest BCUT2D eigenvalue weighted by molar-refractivity contribution is 5.76. The van der Waals surface area contributed by atoms with Gasteiger partial charge in [0, 0.05) is 45.8 Å². The van der Waals surface area contributed by atoms with E-state index in [1.54, 1.807) is 0 Å². The number of ether oxygens (including phenoxy) is 1. The normalized spacial score (nSPS) is 19.0. The van der Waals surface area contributed by atoms with Gasteiger partial charge in [-0.25, -0.2) is 0 Å². The summed E-state index contributed by atoms with van der Waals surface area (Å²) in [7, 11) is 2.13. The van der Waals surface area contributed by atoms with Crippen LogP contribution in [0.15, 0.2) is 24.3 Å². The first-order valence-corrected chi connectivity index (χ1v) is 8.83. The average molecular weight is 316 g/mol. The Morgan fingerprint density at radius 3 is 2.78 bits per heavy atom. The van der Waals surface area contributed by atoms with E-state index in [1.807, 2.05) is 4.90 Å². The van der Waals surface area contributed by atoms with Crippen LogP contribution in [0.25, 0.3) is 0 Å². The monoisotopic (exact) mass is 316 g/mol. The van der Waals surface area contributed by atoms with Crippen LogP contribution >= 0.6 is 0 Å². The van der Waals surface area contributed by atoms with E-state index in [0.717, 1.165) is 64.6 Å². The lowest BCUT2D eigenvalue weighted by atomic mass is 9.99. The number of fused-ring (bicyclic) bond motifs is 1. The van der Waals surface area contributed by atoms with Gasteiger partial charge in [-0.2, -0.15) is 0 Å². The highest BCUT2D eigenvalue weighted by Crippen LogP contribution is 2.19. The Balaban J connectivity index is 1.42. The average Bonchev–Trinajstić information content (AvgIpc) is 2.60. The summed E-state index contributed by atoms with van der Waals surface area (Å²) in [4.78, 5) is 16.8. The maximum atomic E-state index is 12.5. The summed E-state index contributed by atoms with van der Waals surface area (Å²) in [6.45, 7) is 5.36. The predicted octanol–water partition coefficient (Wildman–Crippen LogP) is 2.32. The Kier molecular flexibility index (Phi) is 5.68. The minimum absolute atomic E-state index is 0.290. The van der Waals surface area contributed by atoms with E-state index in [2.05, 4.69) is 36.2 Å². The fourth-order valence-corrected chi connectivity index (χ4v) is 3.61. The molecule has 0 bridgehead atoms. The molecule has 2 aliphatic heterocycles. The van der Waals surface area contributed by atoms with E-state index in [9.17, 15) is 4.79 Å². The molecular weight excluding hydrogens is 288 g/mol. The first kappa shape index (κ1) is 16.5. The number of amides is 1. The number of carbonyl (C=O) groups is 1. The van der Waals surface area contributed by atoms with Crippen LogP contribution in [0.2, 0.25) is 0 Å². The number of nitrogens with zero attached hydrogens (tertiary/aromatic N) is 2. The van der Waals surface area contributed by atoms with Crippen LogP contribution in [0.1, 0.15) is 30.4 Å². The minimum Gasteiger partial charge on any atom is -0.381 e. The lowest BCUT2D eigenvalue weighted by Gasteiger charge is -2.30. The van der Waals surface area contributed by atoms with Crippen molar-refractivity contribution in [2.24, 2.45) is 5.92 Å². The number of benzene rings is 1. The molecule has 0 aliphatic carbocycles. The third kappa shape index (κ3) is 4.55. The van der Waals surface area contributed by atoms with Crippen LogP contribution < -0.4 is 0 Å². The number of rotatable bonds is 5. The number of carbonyl (C=O) groups excluding carboxylic acids is 1. The predicted molar refractivity (Wildman–Crippen MR) is 91.2 cm³/mol. The van der Waals surface area contributed by atoms with Crippen LogP contribution in [-0.2, 0) is 22.5 Å². The molecule has 23 heavy (non-hydrogen) atoms. The Morgan fingerprint density at radius 1 is 1.26 bits per heavy atom. The number of hydrogen-bond acceptors (Lipinski definition) is 3. The molecule has 1 fully saturated rings. The van der Waals surface area contributed by atoms with Crippen LogP contribution in [0.3, 0.4) is 0 Å². The van der Waals surface area contributed by atoms with Gasteiger partial charge in [-0.15, -0.1) is 0 Å². The topological polar surface area (TPSA) is 32.8 Å². The van der Waals surface area contributed by atoms with Crippen molar-refractivity contribution in [1.29, 1.82) is 0 Å². The summed E-state index contributed by atoms with van der Waals surface area (Å²) < 4.78 is 5.41. The zero-order valence-electron chi connectivity index (χ0n) is 14.2. The van der Waals surface area contributed by atoms with Crippen molar-refractivity contribution in [1.82, 2.24) is 9.80 Å². The summed E-state index contributed by atoms with van der Waals surface area (Å²) in [6, 6.07) is 8.47. The van der Waals surface area contributed by atoms with Gasteiger partial charge in [0.15, 0.2) is 0 Å². The van der Waals surface area contributed by atoms with Crippen molar-refractivity contribution in [2.75, 3.05) is 39.9 Å². The van der Waals surface area contributed by atoms with E-state index in [1.165, 1.54) is 11.1 Å². The summed E-state index contributed by atoms with van der Waals surface area (Å²) in [5.41, 5.74) is 2.70. The molecule has 126 valence electrons. The third-order valence-electron chi connectivity index (χ3n) is 5.10. The zero-order valence-corrected chi connectivity index (χ0v) is 14.2. The fourth-order valence-electron chi connectivity index (χ4n) is 3.61. The van der Waals surface area contributed by atoms with Crippen LogP contribution in [0.4, 0.5) is 0 Å². The van der Waals surface area contributed by atoms with Gasteiger partial charge in [0.25, 0.3) is 0 Å². The summed E-state index contributed by atoms with van der Waals surface area (Å²) >= 11 is 0. The Hall–Kier alpha value is -1.39. The van der Waals surface area contributed by atoms with E-state index in [4.69, 9.17) is 4.74 Å². The van der Waals surface area contributed by atoms with Crippen molar-refractivity contribution >= 4 is 5.91 Å². The van der Waals surface area contributed by atoms with Crippen molar-refractivity contribution < 1.29 is 9.53 Å². The standard InChI is InChI=1S/C19H28N2O2/c1-20(14-16-8-12-23-13-9-16)10-7-19(22)21-11-6-17-4-2-3-5-18(17)15-21/h2-5,16H,6-15H2,1H3. The molecule has 3 rings (SSSR count). The van der Waals surface area contributed by atoms with E-state index in [-0.39, 0.29) is 0 Å². The van der Waals surface area contributed by atoms with E-state index < -0.39 is 0 Å². The van der Waals surface area contributed by atoms with Gasteiger partial charge in [-0.05, 0) is 43.4 Å². The van der Waals surface area contributed by atoms with E-state index >= 15 is 0 Å². The van der Waals surface area contributed by atoms with Gasteiger partial charge < -0.3 is 14.5 Å². The molecule has 0 N–H and O–H groups in total. The largest absolute Gasteiger partial charge is 0.381 e. The lowest BCUT2D eigenvalue weighted by Crippen LogP contribution is -2.38. The number of hydrogen-bond donors (Lipinski definition) is 0. The molecule has 4 heteroatoms. The third-order valence-corrected chi connectivity index (χ3v) is 5.10. The molecule has 0 unspecified atom stereocenters. The SMILES string of the molecule is CN(CCC(=O)N1CCc2ccccc2C1)CC1CCOCC1. The quantitative estimate of drug-likeness (QED) is 0.836. The molecule has 1 aromatic rings. The van der Waals surface area contributed by atoms with Gasteiger partial charge in [-0.1, -0.05) is 24.3 Å². The molecule has 0 radical (unpaired) electrons. The molecule has 0 saturated carbocycles. The molecule has 1 amide bonds. The van der Waals surface area contributed by atoms with Crippen molar-refractivity contribution in [2.45, 2.75) is 32.2 Å². The summed E-state index contributed by atoms with van der Waals surface area (Å²) in [5.74, 6) is 1.02. The molecule has 0 atom stereocenters. The first-order valence-electron chi connectivity index (χ1n) is 8.83. The molecular formula is C19H28N2O2. The van der Waals surface area contributed by atoms with Crippen molar-refractivity contribution in [3.8, 4) is 0 Å². The summed E-state index contributed by atoms with van der Waals surface area (Å²) in [6.07, 6.45) is 3.92. The molecule has 1 aromatic carbocycles. The highest BCUT2D eigenvalue weighted by Gasteiger charge is 2.21. The maximum absolute atomic E-state index is 12.5. The molecule has 2 heterocycles. The van der Waals surface area contributed by atoms with Gasteiger partial charge in [0.2, 0.25) is 5.91 Å². The van der Waals surface area contributed by atoms with Gasteiger partial charge in [0.1, 0.15) is 0 Å². The van der Waals surface area contributed by atoms with Crippen LogP contribution in [0, 0.1) is 5.92 Å². The maximum Gasteiger partial charge on any atom is 0.224 e. The fraction of sp³-hybridized carbons (Fsp3) is 0.632. The minimum atomic E-state index is 0.290. The second-order valence-electron chi connectivity index (χ2n) is 6.90. The Bertz CT molecular complexity index is 526. The van der Waals surface area contributed by atoms with Crippen LogP contribution in [-0.4, -0.2) is 55.6 Å². The van der Waals surface area contributed by atoms with Crippen molar-refractivity contribution in [3.05, 3.63) is 35.4 Å². The second kappa shape index (κ2) is 7.93. The highest BCUT2D eigenvalue weighted by atomic mass is 16.5. The van der Waals surface area contributed by atoms with Crippen molar-refractivity contribution in [3.63, 3.8) is 0 Å².